The molecule has 2 aromatic carbocycles. The molecule has 0 radical (unpaired) electrons. The molecule has 0 saturated carbocycles. The smallest absolute Gasteiger partial charge is 0.303 e. The van der Waals surface area contributed by atoms with Crippen LogP contribution in [0.1, 0.15) is 18.4 Å². The number of benzene rings is 2. The lowest BCUT2D eigenvalue weighted by atomic mass is 10.1. The third kappa shape index (κ3) is 7.57. The summed E-state index contributed by atoms with van der Waals surface area (Å²) in [6.45, 7) is 1.15. The van der Waals surface area contributed by atoms with Crippen molar-refractivity contribution in [1.29, 1.82) is 0 Å². The van der Waals surface area contributed by atoms with Crippen LogP contribution in [0.15, 0.2) is 48.5 Å². The number of nitrogens with one attached hydrogen (secondary N) is 1. The van der Waals surface area contributed by atoms with E-state index in [0.29, 0.717) is 37.7 Å². The third-order valence-electron chi connectivity index (χ3n) is 3.91. The van der Waals surface area contributed by atoms with E-state index in [9.17, 15) is 9.59 Å². The van der Waals surface area contributed by atoms with Crippen molar-refractivity contribution in [2.24, 2.45) is 0 Å². The van der Waals surface area contributed by atoms with E-state index in [1.165, 1.54) is 0 Å². The maximum absolute atomic E-state index is 11.6. The van der Waals surface area contributed by atoms with Gasteiger partial charge in [-0.25, -0.2) is 0 Å². The number of carboxylic acids is 1. The monoisotopic (exact) mass is 387 g/mol. The fourth-order valence-electron chi connectivity index (χ4n) is 2.48. The van der Waals surface area contributed by atoms with Gasteiger partial charge in [0.15, 0.2) is 0 Å². The highest BCUT2D eigenvalue weighted by atomic mass is 16.5. The van der Waals surface area contributed by atoms with Crippen molar-refractivity contribution >= 4 is 11.9 Å². The van der Waals surface area contributed by atoms with E-state index in [0.717, 1.165) is 11.3 Å². The lowest BCUT2D eigenvalue weighted by Gasteiger charge is -2.14. The highest BCUT2D eigenvalue weighted by Gasteiger charge is 2.09. The molecule has 7 nitrogen and oxygen atoms in total. The van der Waals surface area contributed by atoms with Crippen LogP contribution in [0, 0.1) is 0 Å². The highest BCUT2D eigenvalue weighted by Crippen LogP contribution is 2.25. The van der Waals surface area contributed by atoms with Gasteiger partial charge in [-0.3, -0.25) is 9.59 Å². The normalized spacial score (nSPS) is 10.2. The van der Waals surface area contributed by atoms with Gasteiger partial charge in [0, 0.05) is 19.0 Å². The highest BCUT2D eigenvalue weighted by molar-refractivity contribution is 5.80. The summed E-state index contributed by atoms with van der Waals surface area (Å²) in [5.41, 5.74) is 0.916. The fourth-order valence-corrected chi connectivity index (χ4v) is 2.48. The van der Waals surface area contributed by atoms with Gasteiger partial charge >= 0.3 is 5.97 Å². The Labute approximate surface area is 164 Å². The molecule has 0 aliphatic heterocycles. The Morgan fingerprint density at radius 2 is 1.71 bits per heavy atom. The molecular weight excluding hydrogens is 362 g/mol. The minimum absolute atomic E-state index is 0.0296. The van der Waals surface area contributed by atoms with E-state index in [2.05, 4.69) is 5.32 Å². The minimum Gasteiger partial charge on any atom is -0.497 e. The molecule has 0 bridgehead atoms. The number of aliphatic carboxylic acids is 1. The number of methoxy groups -OCH3 is 1. The number of carboxylic acid groups (broad SMARTS) is 1. The Hall–Kier alpha value is -3.22. The van der Waals surface area contributed by atoms with Crippen molar-refractivity contribution in [1.82, 2.24) is 5.32 Å². The van der Waals surface area contributed by atoms with Crippen molar-refractivity contribution in [2.45, 2.75) is 19.3 Å². The number of amides is 1. The third-order valence-corrected chi connectivity index (χ3v) is 3.91. The van der Waals surface area contributed by atoms with Crippen LogP contribution in [0.25, 0.3) is 0 Å². The van der Waals surface area contributed by atoms with Crippen LogP contribution >= 0.6 is 0 Å². The molecule has 0 aliphatic carbocycles. The van der Waals surface area contributed by atoms with Gasteiger partial charge in [0.2, 0.25) is 5.91 Å². The Balaban J connectivity index is 1.84. The van der Waals surface area contributed by atoms with Gasteiger partial charge in [0.25, 0.3) is 0 Å². The van der Waals surface area contributed by atoms with Gasteiger partial charge in [-0.05, 0) is 30.2 Å². The second kappa shape index (κ2) is 11.5. The molecule has 2 rings (SSSR count). The summed E-state index contributed by atoms with van der Waals surface area (Å²) in [6.07, 6.45) is 0.347. The number of carbonyl (C=O) groups is 2. The van der Waals surface area contributed by atoms with E-state index in [4.69, 9.17) is 19.3 Å². The summed E-state index contributed by atoms with van der Waals surface area (Å²) in [6, 6.07) is 15.0. The second-order valence-corrected chi connectivity index (χ2v) is 5.98. The first kappa shape index (κ1) is 21.1. The summed E-state index contributed by atoms with van der Waals surface area (Å²) >= 11 is 0. The van der Waals surface area contributed by atoms with Gasteiger partial charge in [-0.15, -0.1) is 0 Å². The van der Waals surface area contributed by atoms with E-state index in [-0.39, 0.29) is 18.7 Å². The van der Waals surface area contributed by atoms with Crippen LogP contribution in [0.4, 0.5) is 0 Å². The van der Waals surface area contributed by atoms with Crippen LogP contribution in [-0.4, -0.2) is 43.9 Å². The predicted octanol–water partition coefficient (Wildman–Crippen LogP) is 2.68. The SMILES string of the molecule is COc1ccc(CCNC(=O)CCC(=O)O)c(OCCOc2ccccc2)c1. The standard InChI is InChI=1S/C21H25NO6/c1-26-18-8-7-16(11-12-22-20(23)9-10-21(24)25)19(15-18)28-14-13-27-17-5-3-2-4-6-17/h2-8,15H,9-14H2,1H3,(H,22,23)(H,24,25). The lowest BCUT2D eigenvalue weighted by Crippen LogP contribution is -2.26. The average Bonchev–Trinajstić information content (AvgIpc) is 2.71. The zero-order valence-corrected chi connectivity index (χ0v) is 15.8. The number of hydrogen-bond acceptors (Lipinski definition) is 5. The van der Waals surface area contributed by atoms with Crippen molar-refractivity contribution in [2.75, 3.05) is 26.9 Å². The first-order valence-electron chi connectivity index (χ1n) is 9.04. The van der Waals surface area contributed by atoms with Gasteiger partial charge < -0.3 is 24.6 Å². The summed E-state index contributed by atoms with van der Waals surface area (Å²) < 4.78 is 16.7. The van der Waals surface area contributed by atoms with Gasteiger partial charge in [-0.1, -0.05) is 24.3 Å². The zero-order chi connectivity index (χ0) is 20.2. The van der Waals surface area contributed by atoms with E-state index >= 15 is 0 Å². The van der Waals surface area contributed by atoms with Crippen molar-refractivity contribution in [3.05, 3.63) is 54.1 Å². The molecule has 0 saturated heterocycles. The van der Waals surface area contributed by atoms with Crippen molar-refractivity contribution in [3.63, 3.8) is 0 Å². The Morgan fingerprint density at radius 1 is 0.964 bits per heavy atom. The van der Waals surface area contributed by atoms with Gasteiger partial charge in [0.05, 0.1) is 13.5 Å². The topological polar surface area (TPSA) is 94.1 Å². The molecule has 2 N–H and O–H groups in total. The van der Waals surface area contributed by atoms with E-state index in [1.807, 2.05) is 42.5 Å². The van der Waals surface area contributed by atoms with Crippen LogP contribution in [0.3, 0.4) is 0 Å². The Bertz CT molecular complexity index is 763. The maximum Gasteiger partial charge on any atom is 0.303 e. The molecule has 0 heterocycles. The van der Waals surface area contributed by atoms with Crippen LogP contribution in [0.5, 0.6) is 17.2 Å². The second-order valence-electron chi connectivity index (χ2n) is 5.98. The van der Waals surface area contributed by atoms with Gasteiger partial charge in [-0.2, -0.15) is 0 Å². The quantitative estimate of drug-likeness (QED) is 0.544. The zero-order valence-electron chi connectivity index (χ0n) is 15.8. The molecule has 0 fully saturated rings. The molecular formula is C21H25NO6. The van der Waals surface area contributed by atoms with E-state index in [1.54, 1.807) is 13.2 Å². The average molecular weight is 387 g/mol. The summed E-state index contributed by atoms with van der Waals surface area (Å²) in [5.74, 6) is 0.846. The molecule has 0 atom stereocenters. The van der Waals surface area contributed by atoms with Gasteiger partial charge in [0.1, 0.15) is 30.5 Å². The Kier molecular flexibility index (Phi) is 8.65. The number of carbonyl (C=O) groups excluding carboxylic acids is 1. The van der Waals surface area contributed by atoms with Crippen LogP contribution in [-0.2, 0) is 16.0 Å². The predicted molar refractivity (Wildman–Crippen MR) is 104 cm³/mol. The largest absolute Gasteiger partial charge is 0.497 e. The molecule has 2 aromatic rings. The summed E-state index contributed by atoms with van der Waals surface area (Å²) in [7, 11) is 1.58. The molecule has 7 heteroatoms. The molecule has 150 valence electrons. The number of rotatable bonds is 12. The molecule has 28 heavy (non-hydrogen) atoms. The van der Waals surface area contributed by atoms with Crippen LogP contribution < -0.4 is 19.5 Å². The first-order valence-corrected chi connectivity index (χ1v) is 9.04. The molecule has 0 aliphatic rings. The molecule has 0 aromatic heterocycles. The molecule has 0 unspecified atom stereocenters. The maximum atomic E-state index is 11.6. The lowest BCUT2D eigenvalue weighted by molar-refractivity contribution is -0.138. The van der Waals surface area contributed by atoms with E-state index < -0.39 is 5.97 Å². The molecule has 1 amide bonds. The molecule has 0 spiro atoms. The number of ether oxygens (including phenoxy) is 3. The number of hydrogen-bond donors (Lipinski definition) is 2. The number of para-hydroxylation sites is 1. The Morgan fingerprint density at radius 3 is 2.43 bits per heavy atom. The van der Waals surface area contributed by atoms with Crippen LogP contribution in [0.2, 0.25) is 0 Å². The summed E-state index contributed by atoms with van der Waals surface area (Å²) in [4.78, 5) is 22.1. The van der Waals surface area contributed by atoms with Crippen molar-refractivity contribution in [3.8, 4) is 17.2 Å². The fraction of sp³-hybridized carbons (Fsp3) is 0.333. The first-order chi connectivity index (χ1) is 13.6. The minimum atomic E-state index is -0.987. The summed E-state index contributed by atoms with van der Waals surface area (Å²) in [5, 5.41) is 11.3. The van der Waals surface area contributed by atoms with Crippen molar-refractivity contribution < 1.29 is 28.9 Å².